The molecule has 0 bridgehead atoms. The molecule has 0 aromatic rings. The standard InChI is InChI=1S/C6H13NO2/c7-5-3-1-2-4-6(8)9/h1-5,7H2,(H,8,9)/i2D2,4D2. The molecule has 0 aliphatic rings. The second kappa shape index (κ2) is 5.56. The number of rotatable bonds is 5. The van der Waals surface area contributed by atoms with E-state index in [4.69, 9.17) is 16.3 Å². The summed E-state index contributed by atoms with van der Waals surface area (Å²) < 4.78 is 28.5. The molecule has 0 aliphatic heterocycles. The molecule has 0 aromatic heterocycles. The summed E-state index contributed by atoms with van der Waals surface area (Å²) in [6.07, 6.45) is -5.16. The van der Waals surface area contributed by atoms with E-state index in [9.17, 15) is 4.79 Å². The summed E-state index contributed by atoms with van der Waals surface area (Å²) in [5.41, 5.74) is 5.12. The first kappa shape index (κ1) is 3.56. The fourth-order valence-electron chi connectivity index (χ4n) is 0.329. The van der Waals surface area contributed by atoms with E-state index in [-0.39, 0.29) is 19.4 Å². The second-order valence-corrected chi connectivity index (χ2v) is 1.50. The van der Waals surface area contributed by atoms with Gasteiger partial charge in [0.05, 0.1) is 0 Å². The molecule has 0 fully saturated rings. The predicted molar refractivity (Wildman–Crippen MR) is 35.2 cm³/mol. The first-order valence-electron chi connectivity index (χ1n) is 4.69. The van der Waals surface area contributed by atoms with Crippen LogP contribution in [0.5, 0.6) is 0 Å². The Kier molecular flexibility index (Phi) is 2.20. The molecular formula is C6H13NO2. The van der Waals surface area contributed by atoms with E-state index in [1.807, 2.05) is 0 Å². The number of carboxylic acid groups (broad SMARTS) is 1. The van der Waals surface area contributed by atoms with E-state index < -0.39 is 18.7 Å². The fraction of sp³-hybridized carbons (Fsp3) is 0.833. The Morgan fingerprint density at radius 2 is 2.33 bits per heavy atom. The zero-order valence-electron chi connectivity index (χ0n) is 9.05. The Bertz CT molecular complexity index is 195. The lowest BCUT2D eigenvalue weighted by atomic mass is 10.2. The number of aliphatic carboxylic acids is 1. The van der Waals surface area contributed by atoms with E-state index in [1.165, 1.54) is 0 Å². The van der Waals surface area contributed by atoms with Gasteiger partial charge < -0.3 is 10.8 Å². The van der Waals surface area contributed by atoms with Gasteiger partial charge in [-0.1, -0.05) is 6.42 Å². The molecule has 0 atom stereocenters. The number of hydrogen-bond acceptors (Lipinski definition) is 2. The zero-order valence-corrected chi connectivity index (χ0v) is 5.05. The maximum Gasteiger partial charge on any atom is 0.303 e. The highest BCUT2D eigenvalue weighted by atomic mass is 16.4. The Labute approximate surface area is 60.5 Å². The maximum atomic E-state index is 10.4. The van der Waals surface area contributed by atoms with Crippen molar-refractivity contribution in [2.24, 2.45) is 5.73 Å². The molecule has 0 unspecified atom stereocenters. The van der Waals surface area contributed by atoms with Crippen LogP contribution in [-0.4, -0.2) is 17.6 Å². The monoisotopic (exact) mass is 135 g/mol. The van der Waals surface area contributed by atoms with E-state index in [2.05, 4.69) is 0 Å². The predicted octanol–water partition coefficient (Wildman–Crippen LogP) is 0.590. The maximum absolute atomic E-state index is 10.4. The van der Waals surface area contributed by atoms with Gasteiger partial charge in [-0.2, -0.15) is 0 Å². The molecule has 3 heteroatoms. The zero-order chi connectivity index (χ0) is 10.7. The van der Waals surface area contributed by atoms with E-state index in [1.54, 1.807) is 0 Å². The van der Waals surface area contributed by atoms with E-state index in [0.717, 1.165) is 0 Å². The molecule has 0 aliphatic carbocycles. The van der Waals surface area contributed by atoms with Crippen molar-refractivity contribution < 1.29 is 15.4 Å². The fourth-order valence-corrected chi connectivity index (χ4v) is 0.329. The Balaban J connectivity index is 4.50. The Morgan fingerprint density at radius 3 is 2.78 bits per heavy atom. The quantitative estimate of drug-likeness (QED) is 0.580. The first-order valence-corrected chi connectivity index (χ1v) is 2.69. The molecule has 54 valence electrons. The lowest BCUT2D eigenvalue weighted by molar-refractivity contribution is -0.137. The molecule has 0 amide bonds. The average Bonchev–Trinajstić information content (AvgIpc) is 2.00. The first-order chi connectivity index (χ1) is 5.75. The minimum Gasteiger partial charge on any atom is -0.481 e. The van der Waals surface area contributed by atoms with Crippen LogP contribution in [0, 0.1) is 0 Å². The third-order valence-electron chi connectivity index (χ3n) is 0.701. The van der Waals surface area contributed by atoms with Gasteiger partial charge in [-0.3, -0.25) is 4.79 Å². The van der Waals surface area contributed by atoms with Crippen LogP contribution in [0.4, 0.5) is 0 Å². The van der Waals surface area contributed by atoms with Crippen molar-refractivity contribution in [3.63, 3.8) is 0 Å². The van der Waals surface area contributed by atoms with Crippen LogP contribution in [-0.2, 0) is 4.79 Å². The minimum absolute atomic E-state index is 0.192. The molecule has 3 N–H and O–H groups in total. The van der Waals surface area contributed by atoms with Crippen molar-refractivity contribution >= 4 is 5.97 Å². The molecular weight excluding hydrogens is 118 g/mol. The third kappa shape index (κ3) is 7.43. The van der Waals surface area contributed by atoms with Crippen LogP contribution in [0.15, 0.2) is 0 Å². The number of hydrogen-bond donors (Lipinski definition) is 2. The smallest absolute Gasteiger partial charge is 0.303 e. The van der Waals surface area contributed by atoms with Crippen molar-refractivity contribution in [2.75, 3.05) is 6.54 Å². The van der Waals surface area contributed by atoms with Crippen molar-refractivity contribution in [1.82, 2.24) is 0 Å². The van der Waals surface area contributed by atoms with Crippen LogP contribution < -0.4 is 5.73 Å². The summed E-state index contributed by atoms with van der Waals surface area (Å²) in [5.74, 6) is -1.78. The lowest BCUT2D eigenvalue weighted by Gasteiger charge is -1.93. The second-order valence-electron chi connectivity index (χ2n) is 1.50. The summed E-state index contributed by atoms with van der Waals surface area (Å²) in [6, 6.07) is 0. The van der Waals surface area contributed by atoms with E-state index in [0.29, 0.717) is 0 Å². The summed E-state index contributed by atoms with van der Waals surface area (Å²) >= 11 is 0. The van der Waals surface area contributed by atoms with Crippen LogP contribution >= 0.6 is 0 Å². The van der Waals surface area contributed by atoms with Gasteiger partial charge in [0.2, 0.25) is 0 Å². The van der Waals surface area contributed by atoms with Gasteiger partial charge in [0.1, 0.15) is 0 Å². The molecule has 0 saturated carbocycles. The average molecular weight is 135 g/mol. The van der Waals surface area contributed by atoms with Gasteiger partial charge >= 0.3 is 5.97 Å². The van der Waals surface area contributed by atoms with Crippen molar-refractivity contribution in [3.05, 3.63) is 0 Å². The summed E-state index contributed by atoms with van der Waals surface area (Å²) in [7, 11) is 0. The van der Waals surface area contributed by atoms with Gasteiger partial charge in [0.25, 0.3) is 0 Å². The van der Waals surface area contributed by atoms with Gasteiger partial charge in [-0.15, -0.1) is 0 Å². The molecule has 9 heavy (non-hydrogen) atoms. The highest BCUT2D eigenvalue weighted by Gasteiger charge is 1.94. The number of carbonyl (C=O) groups is 1. The van der Waals surface area contributed by atoms with Gasteiger partial charge in [0.15, 0.2) is 0 Å². The van der Waals surface area contributed by atoms with Crippen LogP contribution in [0.2, 0.25) is 0 Å². The third-order valence-corrected chi connectivity index (χ3v) is 0.701. The van der Waals surface area contributed by atoms with Crippen molar-refractivity contribution in [3.8, 4) is 0 Å². The molecule has 0 rings (SSSR count). The Hall–Kier alpha value is -0.570. The summed E-state index contributed by atoms with van der Waals surface area (Å²) in [6.45, 7) is 0.217. The minimum atomic E-state index is -2.86. The highest BCUT2D eigenvalue weighted by Crippen LogP contribution is 1.97. The van der Waals surface area contributed by atoms with Gasteiger partial charge in [-0.05, 0) is 19.3 Å². The SMILES string of the molecule is [2H]C([2H])(CCCN)C([2H])([2H])C(=O)O. The molecule has 0 spiro atoms. The number of nitrogens with two attached hydrogens (primary N) is 1. The van der Waals surface area contributed by atoms with Crippen LogP contribution in [0.25, 0.3) is 0 Å². The highest BCUT2D eigenvalue weighted by molar-refractivity contribution is 5.66. The van der Waals surface area contributed by atoms with Crippen molar-refractivity contribution in [2.45, 2.75) is 25.6 Å². The van der Waals surface area contributed by atoms with Crippen LogP contribution in [0.3, 0.4) is 0 Å². The van der Waals surface area contributed by atoms with Crippen LogP contribution in [0.1, 0.15) is 31.1 Å². The lowest BCUT2D eigenvalue weighted by Crippen LogP contribution is -1.99. The molecule has 0 aromatic carbocycles. The number of carboxylic acids is 1. The molecule has 0 saturated heterocycles. The molecule has 0 heterocycles. The van der Waals surface area contributed by atoms with E-state index >= 15 is 0 Å². The van der Waals surface area contributed by atoms with Gasteiger partial charge in [0, 0.05) is 11.9 Å². The molecule has 0 radical (unpaired) electrons. The Morgan fingerprint density at radius 1 is 1.67 bits per heavy atom. The summed E-state index contributed by atoms with van der Waals surface area (Å²) in [4.78, 5) is 10.4. The molecule has 3 nitrogen and oxygen atoms in total. The summed E-state index contributed by atoms with van der Waals surface area (Å²) in [5, 5.41) is 8.43. The normalized spacial score (nSPS) is 19.2. The largest absolute Gasteiger partial charge is 0.481 e. The van der Waals surface area contributed by atoms with Crippen molar-refractivity contribution in [1.29, 1.82) is 0 Å². The van der Waals surface area contributed by atoms with Gasteiger partial charge in [-0.25, -0.2) is 0 Å². The topological polar surface area (TPSA) is 63.3 Å².